The highest BCUT2D eigenvalue weighted by atomic mass is 16.7. The van der Waals surface area contributed by atoms with Crippen molar-refractivity contribution in [2.45, 2.75) is 81.9 Å². The van der Waals surface area contributed by atoms with Gasteiger partial charge in [0.2, 0.25) is 23.6 Å². The molecule has 228 valence electrons. The number of hydrogen-bond donors (Lipinski definition) is 7. The molecule has 1 aliphatic rings. The van der Waals surface area contributed by atoms with Gasteiger partial charge in [0.05, 0.1) is 13.0 Å². The van der Waals surface area contributed by atoms with Crippen molar-refractivity contribution in [3.8, 4) is 0 Å². The molecule has 8 N–H and O–H groups in total. The molecule has 1 aromatic rings. The molecule has 0 bridgehead atoms. The average molecular weight is 583 g/mol. The summed E-state index contributed by atoms with van der Waals surface area (Å²) in [5, 5.41) is 36.8. The second-order valence-corrected chi connectivity index (χ2v) is 9.58. The van der Waals surface area contributed by atoms with Crippen LogP contribution in [-0.2, 0) is 44.6 Å². The van der Waals surface area contributed by atoms with Crippen LogP contribution in [0, 0.1) is 0 Å². The second-order valence-electron chi connectivity index (χ2n) is 9.58. The van der Waals surface area contributed by atoms with Crippen molar-refractivity contribution in [3.05, 3.63) is 35.9 Å². The van der Waals surface area contributed by atoms with E-state index in [1.54, 1.807) is 30.3 Å². The molecule has 0 radical (unpaired) electrons. The van der Waals surface area contributed by atoms with Crippen LogP contribution in [0.1, 0.15) is 32.3 Å². The standard InChI is InChI=1S/C26H38N4O11/c1-13(24(37)29-16(23(27)36)9-10-19(33)34)28-25(38)14(2)40-22-20(26(39-3)41-17(12-31)21(22)35)30-18(32)11-15-7-5-4-6-8-15/h4-8,13-14,16-17,20-22,26,31,35H,9-12H2,1-3H3,(H2,27,36)(H,28,38)(H,29,37)(H,30,32)(H,33,34)/t13-,14+,16+,17+,20+,21+,22+,26+/m0/s1. The van der Waals surface area contributed by atoms with Gasteiger partial charge in [-0.2, -0.15) is 0 Å². The van der Waals surface area contributed by atoms with Crippen LogP contribution in [0.5, 0.6) is 0 Å². The Morgan fingerprint density at radius 2 is 1.73 bits per heavy atom. The quantitative estimate of drug-likeness (QED) is 0.115. The number of nitrogens with one attached hydrogen (secondary N) is 3. The minimum atomic E-state index is -1.48. The maximum Gasteiger partial charge on any atom is 0.303 e. The van der Waals surface area contributed by atoms with Crippen molar-refractivity contribution < 1.29 is 53.5 Å². The number of nitrogens with two attached hydrogens (primary N) is 1. The Kier molecular flexibility index (Phi) is 13.1. The van der Waals surface area contributed by atoms with Gasteiger partial charge in [-0.15, -0.1) is 0 Å². The van der Waals surface area contributed by atoms with Crippen molar-refractivity contribution in [3.63, 3.8) is 0 Å². The maximum absolute atomic E-state index is 12.9. The Labute approximate surface area is 236 Å². The number of aliphatic hydroxyl groups excluding tert-OH is 2. The number of carbonyl (C=O) groups is 5. The van der Waals surface area contributed by atoms with E-state index in [-0.39, 0.29) is 12.8 Å². The number of aliphatic hydroxyl groups is 2. The molecule has 4 amide bonds. The fourth-order valence-electron chi connectivity index (χ4n) is 4.15. The maximum atomic E-state index is 12.9. The highest BCUT2D eigenvalue weighted by Gasteiger charge is 2.48. The molecule has 8 atom stereocenters. The molecule has 15 nitrogen and oxygen atoms in total. The minimum absolute atomic E-state index is 0.00143. The Morgan fingerprint density at radius 1 is 1.07 bits per heavy atom. The number of methoxy groups -OCH3 is 1. The van der Waals surface area contributed by atoms with Crippen LogP contribution < -0.4 is 21.7 Å². The fourth-order valence-corrected chi connectivity index (χ4v) is 4.15. The zero-order valence-electron chi connectivity index (χ0n) is 23.0. The number of hydrogen-bond acceptors (Lipinski definition) is 10. The first-order valence-corrected chi connectivity index (χ1v) is 13.0. The topological polar surface area (TPSA) is 236 Å². The van der Waals surface area contributed by atoms with Gasteiger partial charge in [0.1, 0.15) is 42.5 Å². The molecule has 1 heterocycles. The summed E-state index contributed by atoms with van der Waals surface area (Å²) < 4.78 is 16.7. The number of carboxylic acid groups (broad SMARTS) is 1. The van der Waals surface area contributed by atoms with E-state index in [1.807, 2.05) is 0 Å². The van der Waals surface area contributed by atoms with Gasteiger partial charge in [0, 0.05) is 13.5 Å². The lowest BCUT2D eigenvalue weighted by molar-refractivity contribution is -0.274. The number of benzene rings is 1. The van der Waals surface area contributed by atoms with Crippen molar-refractivity contribution in [2.75, 3.05) is 13.7 Å². The molecule has 1 fully saturated rings. The number of carboxylic acids is 1. The van der Waals surface area contributed by atoms with Crippen LogP contribution in [0.2, 0.25) is 0 Å². The Bertz CT molecular complexity index is 1060. The van der Waals surface area contributed by atoms with E-state index in [0.717, 1.165) is 5.56 Å². The smallest absolute Gasteiger partial charge is 0.303 e. The van der Waals surface area contributed by atoms with Crippen LogP contribution >= 0.6 is 0 Å². The largest absolute Gasteiger partial charge is 0.481 e. The highest BCUT2D eigenvalue weighted by Crippen LogP contribution is 2.25. The van der Waals surface area contributed by atoms with E-state index < -0.39 is 91.5 Å². The summed E-state index contributed by atoms with van der Waals surface area (Å²) >= 11 is 0. The van der Waals surface area contributed by atoms with Crippen molar-refractivity contribution in [2.24, 2.45) is 5.73 Å². The van der Waals surface area contributed by atoms with Gasteiger partial charge >= 0.3 is 5.97 Å². The average Bonchev–Trinajstić information content (AvgIpc) is 2.92. The van der Waals surface area contributed by atoms with Gasteiger partial charge in [-0.1, -0.05) is 30.3 Å². The molecule has 0 spiro atoms. The predicted octanol–water partition coefficient (Wildman–Crippen LogP) is -2.45. The molecule has 1 aliphatic heterocycles. The number of primary amides is 1. The molecule has 0 saturated carbocycles. The van der Waals surface area contributed by atoms with Crippen molar-refractivity contribution in [1.29, 1.82) is 0 Å². The van der Waals surface area contributed by atoms with E-state index in [0.29, 0.717) is 0 Å². The van der Waals surface area contributed by atoms with Gasteiger partial charge in [-0.25, -0.2) is 0 Å². The minimum Gasteiger partial charge on any atom is -0.481 e. The first-order valence-electron chi connectivity index (χ1n) is 13.0. The summed E-state index contributed by atoms with van der Waals surface area (Å²) in [5.41, 5.74) is 5.95. The van der Waals surface area contributed by atoms with Crippen LogP contribution in [-0.4, -0.2) is 107 Å². The second kappa shape index (κ2) is 16.0. The van der Waals surface area contributed by atoms with E-state index in [2.05, 4.69) is 16.0 Å². The Hall–Kier alpha value is -3.63. The monoisotopic (exact) mass is 582 g/mol. The lowest BCUT2D eigenvalue weighted by Crippen LogP contribution is -2.66. The molecule has 15 heteroatoms. The SMILES string of the molecule is CO[C@@H]1O[C@H](CO)[C@@H](O)[C@H](O[C@H](C)C(=O)N[C@@H](C)C(=O)N[C@H](CCC(=O)O)C(N)=O)[C@H]1NC(=O)Cc1ccccc1. The Morgan fingerprint density at radius 3 is 2.29 bits per heavy atom. The lowest BCUT2D eigenvalue weighted by atomic mass is 9.96. The molecule has 0 aromatic heterocycles. The molecule has 0 aliphatic carbocycles. The first-order chi connectivity index (χ1) is 19.4. The van der Waals surface area contributed by atoms with Crippen molar-refractivity contribution >= 4 is 29.6 Å². The molecule has 41 heavy (non-hydrogen) atoms. The van der Waals surface area contributed by atoms with Crippen molar-refractivity contribution in [1.82, 2.24) is 16.0 Å². The van der Waals surface area contributed by atoms with Gasteiger partial charge in [0.25, 0.3) is 0 Å². The summed E-state index contributed by atoms with van der Waals surface area (Å²) in [6, 6.07) is 5.35. The third kappa shape index (κ3) is 10.1. The number of ether oxygens (including phenoxy) is 3. The summed E-state index contributed by atoms with van der Waals surface area (Å²) in [6.45, 7) is 2.07. The summed E-state index contributed by atoms with van der Waals surface area (Å²) in [6.07, 6.45) is -6.97. The normalized spacial score (nSPS) is 24.4. The fraction of sp³-hybridized carbons (Fsp3) is 0.577. The van der Waals surface area contributed by atoms with Crippen LogP contribution in [0.25, 0.3) is 0 Å². The van der Waals surface area contributed by atoms with E-state index in [1.165, 1.54) is 21.0 Å². The number of carbonyl (C=O) groups excluding carboxylic acids is 4. The first kappa shape index (κ1) is 33.6. The predicted molar refractivity (Wildman–Crippen MR) is 141 cm³/mol. The zero-order chi connectivity index (χ0) is 30.7. The molecule has 1 aromatic carbocycles. The number of rotatable bonds is 15. The zero-order valence-corrected chi connectivity index (χ0v) is 23.0. The highest BCUT2D eigenvalue weighted by molar-refractivity contribution is 5.92. The van der Waals surface area contributed by atoms with Gasteiger partial charge in [-0.3, -0.25) is 24.0 Å². The van der Waals surface area contributed by atoms with Gasteiger partial charge in [-0.05, 0) is 25.8 Å². The molecular weight excluding hydrogens is 544 g/mol. The summed E-state index contributed by atoms with van der Waals surface area (Å²) in [4.78, 5) is 60.6. The Balaban J connectivity index is 2.09. The van der Waals surface area contributed by atoms with Crippen LogP contribution in [0.3, 0.4) is 0 Å². The summed E-state index contributed by atoms with van der Waals surface area (Å²) in [7, 11) is 1.30. The molecular formula is C26H38N4O11. The summed E-state index contributed by atoms with van der Waals surface area (Å²) in [5.74, 6) is -4.13. The lowest BCUT2D eigenvalue weighted by Gasteiger charge is -2.44. The van der Waals surface area contributed by atoms with Crippen LogP contribution in [0.15, 0.2) is 30.3 Å². The molecule has 1 saturated heterocycles. The molecule has 2 rings (SSSR count). The number of aliphatic carboxylic acids is 1. The van der Waals surface area contributed by atoms with E-state index in [4.69, 9.17) is 25.1 Å². The van der Waals surface area contributed by atoms with Crippen LogP contribution in [0.4, 0.5) is 0 Å². The van der Waals surface area contributed by atoms with E-state index >= 15 is 0 Å². The van der Waals surface area contributed by atoms with E-state index in [9.17, 15) is 34.2 Å². The van der Waals surface area contributed by atoms with Gasteiger partial charge < -0.3 is 51.2 Å². The molecule has 0 unspecified atom stereocenters. The third-order valence-electron chi connectivity index (χ3n) is 6.41. The number of amides is 4. The third-order valence-corrected chi connectivity index (χ3v) is 6.41. The van der Waals surface area contributed by atoms with Gasteiger partial charge in [0.15, 0.2) is 6.29 Å².